The maximum Gasteiger partial charge on any atom is 0.397 e. The smallest absolute Gasteiger partial charge is 0.397 e. The predicted molar refractivity (Wildman–Crippen MR) is 275 cm³/mol. The van der Waals surface area contributed by atoms with Crippen LogP contribution in [0.2, 0.25) is 0 Å². The molecule has 0 bridgehead atoms. The molecule has 1 fully saturated rings. The molecular weight excluding hydrogens is 885 g/mol. The molecule has 392 valence electrons. The van der Waals surface area contributed by atoms with Gasteiger partial charge in [-0.2, -0.15) is 8.42 Å². The molecule has 0 aromatic rings. The van der Waals surface area contributed by atoms with E-state index in [0.29, 0.717) is 13.0 Å². The van der Waals surface area contributed by atoms with Gasteiger partial charge in [-0.15, -0.1) is 0 Å². The van der Waals surface area contributed by atoms with Crippen LogP contribution in [0, 0.1) is 0 Å². The van der Waals surface area contributed by atoms with E-state index < -0.39 is 59.8 Å². The van der Waals surface area contributed by atoms with Crippen LogP contribution in [0.5, 0.6) is 0 Å². The molecule has 0 amide bonds. The van der Waals surface area contributed by atoms with Crippen LogP contribution < -0.4 is 0 Å². The number of allylic oxidation sites excluding steroid dienone is 14. The first-order valence-electron chi connectivity index (χ1n) is 26.3. The molecule has 6 atom stereocenters. The van der Waals surface area contributed by atoms with Crippen molar-refractivity contribution < 1.29 is 56.2 Å². The molecule has 0 saturated carbocycles. The number of hydrogen-bond donors (Lipinski definition) is 4. The lowest BCUT2D eigenvalue weighted by atomic mass is 9.99. The van der Waals surface area contributed by atoms with Crippen molar-refractivity contribution in [1.82, 2.24) is 0 Å². The Kier molecular flexibility index (Phi) is 42.3. The van der Waals surface area contributed by atoms with E-state index in [1.807, 2.05) is 0 Å². The topological polar surface area (TPSA) is 178 Å². The average molecular weight is 979 g/mol. The molecule has 1 heterocycles. The van der Waals surface area contributed by atoms with Crippen molar-refractivity contribution in [2.24, 2.45) is 0 Å². The third-order valence-corrected chi connectivity index (χ3v) is 12.0. The number of rotatable bonds is 45. The first-order valence-corrected chi connectivity index (χ1v) is 27.7. The maximum absolute atomic E-state index is 12.9. The second-order valence-electron chi connectivity index (χ2n) is 17.7. The fourth-order valence-electron chi connectivity index (χ4n) is 7.55. The van der Waals surface area contributed by atoms with Crippen molar-refractivity contribution in [2.75, 3.05) is 26.4 Å². The summed E-state index contributed by atoms with van der Waals surface area (Å²) in [6.07, 6.45) is 51.8. The van der Waals surface area contributed by atoms with Gasteiger partial charge in [0.1, 0.15) is 30.5 Å². The zero-order valence-corrected chi connectivity index (χ0v) is 43.0. The standard InChI is InChI=1S/C55H94O12S/c1-3-5-7-9-11-13-15-17-19-21-23-25-26-28-30-32-34-36-38-40-42-44-51(57)65-49(48-64-55-53(59)54(67-68(60,61)62)52(58)50(46-56)66-55)47-63-45-43-41-39-37-35-33-31-29-27-24-22-20-18-16-14-12-10-8-6-4-2/h5,7,11-14,17-20,23,25,28,30,49-50,52-56,58-59H,3-4,6,8-10,15-16,21-22,24,26-27,29,31-48H2,1-2H3,(H,60,61,62)/b7-5-,13-11-,14-12-,19-17-,20-18-,25-23-,30-28-. The Morgan fingerprint density at radius 1 is 0.574 bits per heavy atom. The fourth-order valence-corrected chi connectivity index (χ4v) is 8.06. The van der Waals surface area contributed by atoms with Crippen LogP contribution in [0.25, 0.3) is 0 Å². The molecule has 0 aromatic carbocycles. The number of ether oxygens (including phenoxy) is 4. The Morgan fingerprint density at radius 3 is 1.49 bits per heavy atom. The van der Waals surface area contributed by atoms with Crippen molar-refractivity contribution >= 4 is 16.4 Å². The van der Waals surface area contributed by atoms with Gasteiger partial charge in [-0.25, -0.2) is 4.18 Å². The summed E-state index contributed by atoms with van der Waals surface area (Å²) in [6, 6.07) is 0. The predicted octanol–water partition coefficient (Wildman–Crippen LogP) is 12.4. The Hall–Kier alpha value is -2.72. The lowest BCUT2D eigenvalue weighted by Crippen LogP contribution is -2.60. The molecule has 0 aliphatic carbocycles. The van der Waals surface area contributed by atoms with Gasteiger partial charge in [0.15, 0.2) is 6.29 Å². The van der Waals surface area contributed by atoms with Gasteiger partial charge in [-0.3, -0.25) is 9.35 Å². The largest absolute Gasteiger partial charge is 0.457 e. The highest BCUT2D eigenvalue weighted by Gasteiger charge is 2.48. The molecule has 1 saturated heterocycles. The lowest BCUT2D eigenvalue weighted by Gasteiger charge is -2.41. The molecule has 0 radical (unpaired) electrons. The first kappa shape index (κ1) is 63.3. The van der Waals surface area contributed by atoms with E-state index in [-0.39, 0.29) is 19.6 Å². The third-order valence-electron chi connectivity index (χ3n) is 11.5. The second kappa shape index (κ2) is 45.4. The molecule has 6 unspecified atom stereocenters. The first-order chi connectivity index (χ1) is 33.1. The van der Waals surface area contributed by atoms with Crippen molar-refractivity contribution in [3.8, 4) is 0 Å². The number of carbonyl (C=O) groups excluding carboxylic acids is 1. The van der Waals surface area contributed by atoms with Crippen LogP contribution in [-0.2, 0) is 38.3 Å². The summed E-state index contributed by atoms with van der Waals surface area (Å²) in [5, 5.41) is 30.8. The summed E-state index contributed by atoms with van der Waals surface area (Å²) in [4.78, 5) is 12.9. The SMILES string of the molecule is CC/C=C\C/C=C\C/C=C\C/C=C\C/C=C\CCCCCCCC(=O)OC(COCCCCCCCCCCCC/C=C\C/C=C\CCCCC)COC1OC(CO)C(O)C(OS(=O)(=O)O)C1O. The fraction of sp³-hybridized carbons (Fsp3) is 0.727. The minimum atomic E-state index is -5.07. The van der Waals surface area contributed by atoms with Crippen molar-refractivity contribution in [2.45, 2.75) is 230 Å². The van der Waals surface area contributed by atoms with Crippen molar-refractivity contribution in [3.63, 3.8) is 0 Å². The number of hydrogen-bond acceptors (Lipinski definition) is 11. The molecule has 4 N–H and O–H groups in total. The summed E-state index contributed by atoms with van der Waals surface area (Å²) in [5.41, 5.74) is 0. The van der Waals surface area contributed by atoms with Crippen LogP contribution in [0.4, 0.5) is 0 Å². The Labute approximate surface area is 413 Å². The van der Waals surface area contributed by atoms with Gasteiger partial charge in [-0.1, -0.05) is 182 Å². The number of carbonyl (C=O) groups is 1. The van der Waals surface area contributed by atoms with E-state index in [1.165, 1.54) is 77.0 Å². The molecule has 12 nitrogen and oxygen atoms in total. The molecule has 0 aromatic heterocycles. The maximum atomic E-state index is 12.9. The highest BCUT2D eigenvalue weighted by Crippen LogP contribution is 2.26. The Bertz CT molecular complexity index is 1500. The number of esters is 1. The van der Waals surface area contributed by atoms with E-state index in [9.17, 15) is 33.1 Å². The van der Waals surface area contributed by atoms with Crippen LogP contribution in [0.15, 0.2) is 85.1 Å². The molecule has 1 aliphatic rings. The summed E-state index contributed by atoms with van der Waals surface area (Å²) >= 11 is 0. The van der Waals surface area contributed by atoms with Crippen LogP contribution >= 0.6 is 0 Å². The zero-order chi connectivity index (χ0) is 49.6. The Morgan fingerprint density at radius 2 is 1.01 bits per heavy atom. The van der Waals surface area contributed by atoms with E-state index in [4.69, 9.17) is 18.9 Å². The number of unbranched alkanes of at least 4 members (excludes halogenated alkanes) is 18. The zero-order valence-electron chi connectivity index (χ0n) is 42.1. The van der Waals surface area contributed by atoms with Gasteiger partial charge in [0.05, 0.1) is 19.8 Å². The normalized spacial score (nSPS) is 20.0. The van der Waals surface area contributed by atoms with Crippen molar-refractivity contribution in [1.29, 1.82) is 0 Å². The molecule has 1 aliphatic heterocycles. The molecule has 1 rings (SSSR count). The summed E-state index contributed by atoms with van der Waals surface area (Å²) in [6.45, 7) is 3.82. The summed E-state index contributed by atoms with van der Waals surface area (Å²) < 4.78 is 59.3. The van der Waals surface area contributed by atoms with Gasteiger partial charge in [0.25, 0.3) is 0 Å². The van der Waals surface area contributed by atoms with Crippen molar-refractivity contribution in [3.05, 3.63) is 85.1 Å². The van der Waals surface area contributed by atoms with Crippen LogP contribution in [0.3, 0.4) is 0 Å². The number of aliphatic hydroxyl groups excluding tert-OH is 3. The van der Waals surface area contributed by atoms with Gasteiger partial charge >= 0.3 is 16.4 Å². The molecular formula is C55H94O12S. The van der Waals surface area contributed by atoms with Gasteiger partial charge in [0, 0.05) is 13.0 Å². The average Bonchev–Trinajstić information content (AvgIpc) is 3.31. The number of aliphatic hydroxyl groups is 3. The quantitative estimate of drug-likeness (QED) is 0.0197. The highest BCUT2D eigenvalue weighted by atomic mass is 32.3. The summed E-state index contributed by atoms with van der Waals surface area (Å²) in [5.74, 6) is -0.421. The third kappa shape index (κ3) is 38.1. The minimum absolute atomic E-state index is 0.0212. The molecule has 68 heavy (non-hydrogen) atoms. The monoisotopic (exact) mass is 979 g/mol. The lowest BCUT2D eigenvalue weighted by molar-refractivity contribution is -0.301. The van der Waals surface area contributed by atoms with Gasteiger partial charge in [0.2, 0.25) is 0 Å². The molecule has 13 heteroatoms. The van der Waals surface area contributed by atoms with E-state index >= 15 is 0 Å². The summed E-state index contributed by atoms with van der Waals surface area (Å²) in [7, 11) is -5.07. The van der Waals surface area contributed by atoms with E-state index in [0.717, 1.165) is 89.9 Å². The van der Waals surface area contributed by atoms with Crippen LogP contribution in [-0.4, -0.2) is 97.5 Å². The molecule has 0 spiro atoms. The highest BCUT2D eigenvalue weighted by molar-refractivity contribution is 7.80. The van der Waals surface area contributed by atoms with Gasteiger partial charge in [-0.05, 0) is 89.9 Å². The minimum Gasteiger partial charge on any atom is -0.457 e. The van der Waals surface area contributed by atoms with Gasteiger partial charge < -0.3 is 34.3 Å². The van der Waals surface area contributed by atoms with E-state index in [2.05, 4.69) is 103 Å². The Balaban J connectivity index is 2.38. The second-order valence-corrected chi connectivity index (χ2v) is 18.8. The van der Waals surface area contributed by atoms with E-state index in [1.54, 1.807) is 0 Å². The van der Waals surface area contributed by atoms with Crippen LogP contribution in [0.1, 0.15) is 194 Å².